The molecule has 1 N–H and O–H groups in total. The van der Waals surface area contributed by atoms with Gasteiger partial charge in [-0.05, 0) is 25.3 Å². The fourth-order valence-corrected chi connectivity index (χ4v) is 2.94. The van der Waals surface area contributed by atoms with Gasteiger partial charge < -0.3 is 4.90 Å². The summed E-state index contributed by atoms with van der Waals surface area (Å²) >= 11 is 0. The van der Waals surface area contributed by atoms with Gasteiger partial charge in [0, 0.05) is 6.04 Å². The highest BCUT2D eigenvalue weighted by atomic mass is 16.2. The number of carbonyl (C=O) groups excluding carboxylic acids is 1. The number of unbranched alkanes of at least 4 members (excludes halogenated alkanes) is 1. The molecule has 20 heavy (non-hydrogen) atoms. The van der Waals surface area contributed by atoms with Crippen molar-refractivity contribution in [2.75, 3.05) is 0 Å². The molecule has 0 spiro atoms. The lowest BCUT2D eigenvalue weighted by molar-refractivity contribution is -0.132. The van der Waals surface area contributed by atoms with E-state index in [0.717, 1.165) is 12.8 Å². The van der Waals surface area contributed by atoms with Gasteiger partial charge in [0.15, 0.2) is 0 Å². The van der Waals surface area contributed by atoms with Gasteiger partial charge in [0.25, 0.3) is 0 Å². The van der Waals surface area contributed by atoms with E-state index in [1.165, 1.54) is 18.4 Å². The standard InChI is InChI=1S/C17H26N2O/c1-4-6-10-13(3)19-16(14-11-8-7-9-12-14)18-15(5-2)17(19)20/h7-9,11-13,15-16,18H,4-6,10H2,1-3H3. The normalized spacial score (nSPS) is 24.1. The third-order valence-electron chi connectivity index (χ3n) is 4.16. The van der Waals surface area contributed by atoms with Gasteiger partial charge >= 0.3 is 0 Å². The Kier molecular flexibility index (Phi) is 5.18. The number of hydrogen-bond acceptors (Lipinski definition) is 2. The maximum Gasteiger partial charge on any atom is 0.241 e. The van der Waals surface area contributed by atoms with Crippen LogP contribution in [0.3, 0.4) is 0 Å². The highest BCUT2D eigenvalue weighted by molar-refractivity contribution is 5.84. The van der Waals surface area contributed by atoms with Crippen molar-refractivity contribution in [1.29, 1.82) is 0 Å². The first kappa shape index (κ1) is 15.0. The van der Waals surface area contributed by atoms with E-state index < -0.39 is 0 Å². The average molecular weight is 274 g/mol. The average Bonchev–Trinajstić information content (AvgIpc) is 2.82. The molecule has 1 heterocycles. The van der Waals surface area contributed by atoms with Gasteiger partial charge in [0.2, 0.25) is 5.91 Å². The molecule has 1 saturated heterocycles. The first-order valence-electron chi connectivity index (χ1n) is 7.82. The van der Waals surface area contributed by atoms with E-state index in [-0.39, 0.29) is 24.2 Å². The Labute approximate surface area is 122 Å². The van der Waals surface area contributed by atoms with Gasteiger partial charge in [-0.1, -0.05) is 57.0 Å². The van der Waals surface area contributed by atoms with Gasteiger partial charge in [0.1, 0.15) is 6.17 Å². The molecule has 0 aliphatic carbocycles. The number of benzene rings is 1. The number of nitrogens with one attached hydrogen (secondary N) is 1. The quantitative estimate of drug-likeness (QED) is 0.861. The molecule has 3 heteroatoms. The first-order valence-corrected chi connectivity index (χ1v) is 7.82. The summed E-state index contributed by atoms with van der Waals surface area (Å²) in [7, 11) is 0. The van der Waals surface area contributed by atoms with Crippen LogP contribution in [0.1, 0.15) is 58.2 Å². The van der Waals surface area contributed by atoms with E-state index in [1.54, 1.807) is 0 Å². The first-order chi connectivity index (χ1) is 9.69. The molecule has 0 radical (unpaired) electrons. The summed E-state index contributed by atoms with van der Waals surface area (Å²) in [5.41, 5.74) is 1.18. The molecule has 0 bridgehead atoms. The molecule has 0 aromatic heterocycles. The van der Waals surface area contributed by atoms with Gasteiger partial charge in [-0.3, -0.25) is 10.1 Å². The number of hydrogen-bond donors (Lipinski definition) is 1. The van der Waals surface area contributed by atoms with Crippen LogP contribution in [0, 0.1) is 0 Å². The lowest BCUT2D eigenvalue weighted by Gasteiger charge is -2.30. The van der Waals surface area contributed by atoms with Crippen LogP contribution in [0.5, 0.6) is 0 Å². The Morgan fingerprint density at radius 1 is 1.25 bits per heavy atom. The zero-order chi connectivity index (χ0) is 14.5. The topological polar surface area (TPSA) is 32.3 Å². The van der Waals surface area contributed by atoms with Crippen LogP contribution in [-0.2, 0) is 4.79 Å². The predicted octanol–water partition coefficient (Wildman–Crippen LogP) is 3.47. The molecule has 3 atom stereocenters. The van der Waals surface area contributed by atoms with Gasteiger partial charge in [-0.25, -0.2) is 0 Å². The number of nitrogens with zero attached hydrogens (tertiary/aromatic N) is 1. The second-order valence-corrected chi connectivity index (χ2v) is 5.68. The van der Waals surface area contributed by atoms with Crippen LogP contribution in [0.2, 0.25) is 0 Å². The molecule has 1 aliphatic heterocycles. The molecule has 3 nitrogen and oxygen atoms in total. The van der Waals surface area contributed by atoms with E-state index in [0.29, 0.717) is 0 Å². The zero-order valence-corrected chi connectivity index (χ0v) is 12.8. The number of rotatable bonds is 6. The van der Waals surface area contributed by atoms with Crippen molar-refractivity contribution >= 4 is 5.91 Å². The van der Waals surface area contributed by atoms with Crippen molar-refractivity contribution in [3.05, 3.63) is 35.9 Å². The largest absolute Gasteiger partial charge is 0.319 e. The summed E-state index contributed by atoms with van der Waals surface area (Å²) in [6.07, 6.45) is 4.29. The van der Waals surface area contributed by atoms with Crippen molar-refractivity contribution < 1.29 is 4.79 Å². The van der Waals surface area contributed by atoms with E-state index in [9.17, 15) is 4.79 Å². The van der Waals surface area contributed by atoms with Crippen LogP contribution in [0.4, 0.5) is 0 Å². The van der Waals surface area contributed by atoms with E-state index in [1.807, 2.05) is 18.2 Å². The molecule has 0 saturated carbocycles. The van der Waals surface area contributed by atoms with Crippen molar-refractivity contribution in [2.24, 2.45) is 0 Å². The molecule has 3 unspecified atom stereocenters. The van der Waals surface area contributed by atoms with Gasteiger partial charge in [-0.15, -0.1) is 0 Å². The Bertz CT molecular complexity index is 432. The summed E-state index contributed by atoms with van der Waals surface area (Å²) in [5.74, 6) is 0.255. The van der Waals surface area contributed by atoms with Crippen LogP contribution in [0.25, 0.3) is 0 Å². The fraction of sp³-hybridized carbons (Fsp3) is 0.588. The van der Waals surface area contributed by atoms with E-state index in [4.69, 9.17) is 0 Å². The van der Waals surface area contributed by atoms with Crippen molar-refractivity contribution in [2.45, 2.75) is 64.7 Å². The molecular weight excluding hydrogens is 248 g/mol. The summed E-state index contributed by atoms with van der Waals surface area (Å²) in [6, 6.07) is 10.5. The van der Waals surface area contributed by atoms with Crippen molar-refractivity contribution in [1.82, 2.24) is 10.2 Å². The maximum absolute atomic E-state index is 12.6. The van der Waals surface area contributed by atoms with Crippen LogP contribution in [-0.4, -0.2) is 22.9 Å². The summed E-state index contributed by atoms with van der Waals surface area (Å²) < 4.78 is 0. The fourth-order valence-electron chi connectivity index (χ4n) is 2.94. The minimum atomic E-state index is -0.0377. The third-order valence-corrected chi connectivity index (χ3v) is 4.16. The van der Waals surface area contributed by atoms with Gasteiger partial charge in [0.05, 0.1) is 6.04 Å². The third kappa shape index (κ3) is 3.04. The Hall–Kier alpha value is -1.35. The predicted molar refractivity (Wildman–Crippen MR) is 82.2 cm³/mol. The number of amides is 1. The second kappa shape index (κ2) is 6.89. The van der Waals surface area contributed by atoms with Gasteiger partial charge in [-0.2, -0.15) is 0 Å². The molecule has 1 fully saturated rings. The zero-order valence-electron chi connectivity index (χ0n) is 12.8. The molecule has 1 amide bonds. The SMILES string of the molecule is CCCCC(C)N1C(=O)C(CC)NC1c1ccccc1. The molecule has 1 aromatic rings. The number of carbonyl (C=O) groups is 1. The molecule has 110 valence electrons. The van der Waals surface area contributed by atoms with Crippen molar-refractivity contribution in [3.8, 4) is 0 Å². The highest BCUT2D eigenvalue weighted by Gasteiger charge is 2.40. The molecule has 2 rings (SSSR count). The summed E-state index contributed by atoms with van der Waals surface area (Å²) in [4.78, 5) is 14.6. The molecule has 1 aliphatic rings. The Morgan fingerprint density at radius 2 is 1.95 bits per heavy atom. The smallest absolute Gasteiger partial charge is 0.241 e. The Balaban J connectivity index is 2.21. The second-order valence-electron chi connectivity index (χ2n) is 5.68. The summed E-state index contributed by atoms with van der Waals surface area (Å²) in [6.45, 7) is 6.43. The molecular formula is C17H26N2O. The van der Waals surface area contributed by atoms with E-state index in [2.05, 4.69) is 43.1 Å². The monoisotopic (exact) mass is 274 g/mol. The van der Waals surface area contributed by atoms with Crippen LogP contribution < -0.4 is 5.32 Å². The van der Waals surface area contributed by atoms with E-state index >= 15 is 0 Å². The lowest BCUT2D eigenvalue weighted by atomic mass is 10.1. The minimum Gasteiger partial charge on any atom is -0.319 e. The Morgan fingerprint density at radius 3 is 2.55 bits per heavy atom. The minimum absolute atomic E-state index is 0.0282. The van der Waals surface area contributed by atoms with Crippen molar-refractivity contribution in [3.63, 3.8) is 0 Å². The summed E-state index contributed by atoms with van der Waals surface area (Å²) in [5, 5.41) is 3.49. The maximum atomic E-state index is 12.6. The van der Waals surface area contributed by atoms with Crippen LogP contribution >= 0.6 is 0 Å². The lowest BCUT2D eigenvalue weighted by Crippen LogP contribution is -2.38. The molecule has 1 aromatic carbocycles. The highest BCUT2D eigenvalue weighted by Crippen LogP contribution is 2.29. The van der Waals surface area contributed by atoms with Crippen LogP contribution in [0.15, 0.2) is 30.3 Å².